The Morgan fingerprint density at radius 1 is 1.12 bits per heavy atom. The molecule has 168 valence electrons. The highest BCUT2D eigenvalue weighted by Gasteiger charge is 2.23. The molecule has 7 nitrogen and oxygen atoms in total. The highest BCUT2D eigenvalue weighted by atomic mass is 35.5. The molecule has 3 aromatic rings. The smallest absolute Gasteiger partial charge is 0.408 e. The molecule has 2 aromatic carbocycles. The van der Waals surface area contributed by atoms with E-state index in [1.165, 1.54) is 12.1 Å². The summed E-state index contributed by atoms with van der Waals surface area (Å²) >= 11 is 6.32. The molecule has 0 fully saturated rings. The summed E-state index contributed by atoms with van der Waals surface area (Å²) < 4.78 is 15.8. The maximum atomic E-state index is 12.6. The van der Waals surface area contributed by atoms with Crippen molar-refractivity contribution < 1.29 is 23.5 Å². The van der Waals surface area contributed by atoms with Crippen molar-refractivity contribution in [1.82, 2.24) is 5.32 Å². The van der Waals surface area contributed by atoms with Crippen LogP contribution in [-0.4, -0.2) is 18.1 Å². The first-order valence-corrected chi connectivity index (χ1v) is 10.7. The Balaban J connectivity index is 1.70. The van der Waals surface area contributed by atoms with Gasteiger partial charge in [0.25, 0.3) is 0 Å². The van der Waals surface area contributed by atoms with Gasteiger partial charge in [-0.25, -0.2) is 14.4 Å². The molecule has 1 aromatic heterocycles. The van der Waals surface area contributed by atoms with Gasteiger partial charge in [0, 0.05) is 17.5 Å². The first-order valence-electron chi connectivity index (χ1n) is 10.4. The molecule has 0 aliphatic heterocycles. The average molecular weight is 458 g/mol. The molecular formula is C24H24ClNO6. The normalized spacial score (nSPS) is 11.7. The standard InChI is InChI=1S/C24H24ClNO6/c1-3-8-16-11-22(27)31-20-13-21(18(25)12-17(16)20)32-23(28)19(4-2)26-24(29)30-14-15-9-6-5-7-10-15/h5-7,9-13,19H,3-4,8,14H2,1-2H3,(H,26,29)/t19-/m1/s1. The third-order valence-electron chi connectivity index (χ3n) is 4.81. The van der Waals surface area contributed by atoms with E-state index in [1.807, 2.05) is 37.3 Å². The number of halogens is 1. The predicted molar refractivity (Wildman–Crippen MR) is 121 cm³/mol. The monoisotopic (exact) mass is 457 g/mol. The molecule has 32 heavy (non-hydrogen) atoms. The molecule has 1 heterocycles. The molecule has 1 N–H and O–H groups in total. The van der Waals surface area contributed by atoms with Crippen LogP contribution in [0, 0.1) is 0 Å². The van der Waals surface area contributed by atoms with Crippen molar-refractivity contribution in [2.45, 2.75) is 45.8 Å². The summed E-state index contributed by atoms with van der Waals surface area (Å²) in [5.74, 6) is -0.670. The van der Waals surface area contributed by atoms with Crippen molar-refractivity contribution in [2.24, 2.45) is 0 Å². The Hall–Kier alpha value is -3.32. The van der Waals surface area contributed by atoms with Crippen LogP contribution in [0.25, 0.3) is 11.0 Å². The van der Waals surface area contributed by atoms with Crippen LogP contribution in [0.2, 0.25) is 5.02 Å². The second kappa shape index (κ2) is 10.8. The van der Waals surface area contributed by atoms with Gasteiger partial charge in [0.05, 0.1) is 5.02 Å². The van der Waals surface area contributed by atoms with E-state index in [4.69, 9.17) is 25.5 Å². The van der Waals surface area contributed by atoms with Gasteiger partial charge in [-0.05, 0) is 30.0 Å². The fourth-order valence-electron chi connectivity index (χ4n) is 3.20. The van der Waals surface area contributed by atoms with Crippen LogP contribution in [0.15, 0.2) is 57.7 Å². The Bertz CT molecular complexity index is 1160. The molecule has 1 amide bonds. The number of benzene rings is 2. The number of ether oxygens (including phenoxy) is 2. The number of aryl methyl sites for hydroxylation is 1. The van der Waals surface area contributed by atoms with Crippen molar-refractivity contribution in [1.29, 1.82) is 0 Å². The second-order valence-electron chi connectivity index (χ2n) is 7.21. The zero-order chi connectivity index (χ0) is 23.1. The molecule has 0 bridgehead atoms. The van der Waals surface area contributed by atoms with Crippen molar-refractivity contribution in [3.63, 3.8) is 0 Å². The third kappa shape index (κ3) is 5.88. The summed E-state index contributed by atoms with van der Waals surface area (Å²) in [6.07, 6.45) is 1.07. The molecule has 0 saturated carbocycles. The minimum absolute atomic E-state index is 0.0406. The van der Waals surface area contributed by atoms with Crippen LogP contribution in [0.3, 0.4) is 0 Å². The summed E-state index contributed by atoms with van der Waals surface area (Å²) in [4.78, 5) is 36.6. The van der Waals surface area contributed by atoms with Crippen LogP contribution in [0.4, 0.5) is 4.79 Å². The largest absolute Gasteiger partial charge is 0.445 e. The molecule has 0 aliphatic rings. The number of fused-ring (bicyclic) bond motifs is 1. The number of nitrogens with one attached hydrogen (secondary N) is 1. The van der Waals surface area contributed by atoms with E-state index in [9.17, 15) is 14.4 Å². The Labute approximate surface area is 190 Å². The van der Waals surface area contributed by atoms with Crippen LogP contribution in [-0.2, 0) is 22.6 Å². The number of rotatable bonds is 8. The lowest BCUT2D eigenvalue weighted by Crippen LogP contribution is -2.42. The van der Waals surface area contributed by atoms with E-state index >= 15 is 0 Å². The lowest BCUT2D eigenvalue weighted by molar-refractivity contribution is -0.136. The van der Waals surface area contributed by atoms with Gasteiger partial charge in [-0.3, -0.25) is 0 Å². The van der Waals surface area contributed by atoms with Gasteiger partial charge < -0.3 is 19.2 Å². The zero-order valence-corrected chi connectivity index (χ0v) is 18.6. The van der Waals surface area contributed by atoms with E-state index < -0.39 is 23.7 Å². The molecule has 0 unspecified atom stereocenters. The van der Waals surface area contributed by atoms with Gasteiger partial charge in [-0.1, -0.05) is 62.2 Å². The number of hydrogen-bond donors (Lipinski definition) is 1. The maximum Gasteiger partial charge on any atom is 0.408 e. The average Bonchev–Trinajstić information content (AvgIpc) is 2.78. The Morgan fingerprint density at radius 3 is 2.56 bits per heavy atom. The molecule has 0 radical (unpaired) electrons. The minimum Gasteiger partial charge on any atom is -0.445 e. The van der Waals surface area contributed by atoms with E-state index in [-0.39, 0.29) is 29.4 Å². The Morgan fingerprint density at radius 2 is 1.88 bits per heavy atom. The molecule has 8 heteroatoms. The third-order valence-corrected chi connectivity index (χ3v) is 5.11. The van der Waals surface area contributed by atoms with Gasteiger partial charge >= 0.3 is 17.7 Å². The molecule has 0 aliphatic carbocycles. The van der Waals surface area contributed by atoms with Gasteiger partial charge in [-0.15, -0.1) is 0 Å². The summed E-state index contributed by atoms with van der Waals surface area (Å²) in [6.45, 7) is 3.80. The number of carbonyl (C=O) groups excluding carboxylic acids is 2. The number of alkyl carbamates (subject to hydrolysis) is 1. The summed E-state index contributed by atoms with van der Waals surface area (Å²) in [6, 6.07) is 12.7. The van der Waals surface area contributed by atoms with Crippen molar-refractivity contribution in [3.05, 3.63) is 75.1 Å². The highest BCUT2D eigenvalue weighted by molar-refractivity contribution is 6.33. The fraction of sp³-hybridized carbons (Fsp3) is 0.292. The summed E-state index contributed by atoms with van der Waals surface area (Å²) in [5, 5.41) is 3.38. The number of hydrogen-bond acceptors (Lipinski definition) is 6. The van der Waals surface area contributed by atoms with E-state index in [0.717, 1.165) is 17.5 Å². The topological polar surface area (TPSA) is 94.8 Å². The summed E-state index contributed by atoms with van der Waals surface area (Å²) in [5.41, 5.74) is 1.42. The van der Waals surface area contributed by atoms with E-state index in [2.05, 4.69) is 5.32 Å². The zero-order valence-electron chi connectivity index (χ0n) is 17.9. The van der Waals surface area contributed by atoms with Gasteiger partial charge in [-0.2, -0.15) is 0 Å². The minimum atomic E-state index is -0.941. The van der Waals surface area contributed by atoms with Crippen molar-refractivity contribution in [2.75, 3.05) is 0 Å². The highest BCUT2D eigenvalue weighted by Crippen LogP contribution is 2.32. The number of esters is 1. The van der Waals surface area contributed by atoms with Crippen LogP contribution >= 0.6 is 11.6 Å². The number of amides is 1. The second-order valence-corrected chi connectivity index (χ2v) is 7.61. The van der Waals surface area contributed by atoms with E-state index in [0.29, 0.717) is 11.8 Å². The Kier molecular flexibility index (Phi) is 7.89. The van der Waals surface area contributed by atoms with Gasteiger partial charge in [0.1, 0.15) is 18.2 Å². The molecule has 0 spiro atoms. The first-order chi connectivity index (χ1) is 15.4. The molecule has 1 atom stereocenters. The first kappa shape index (κ1) is 23.3. The van der Waals surface area contributed by atoms with Crippen LogP contribution in [0.5, 0.6) is 5.75 Å². The quantitative estimate of drug-likeness (QED) is 0.290. The van der Waals surface area contributed by atoms with Crippen LogP contribution < -0.4 is 15.7 Å². The van der Waals surface area contributed by atoms with Gasteiger partial charge in [0.2, 0.25) is 0 Å². The van der Waals surface area contributed by atoms with Crippen LogP contribution in [0.1, 0.15) is 37.8 Å². The summed E-state index contributed by atoms with van der Waals surface area (Å²) in [7, 11) is 0. The van der Waals surface area contributed by atoms with Crippen molar-refractivity contribution >= 4 is 34.6 Å². The van der Waals surface area contributed by atoms with E-state index in [1.54, 1.807) is 13.0 Å². The SMILES string of the molecule is CCCc1cc(=O)oc2cc(OC(=O)[C@@H](CC)NC(=O)OCc3ccccc3)c(Cl)cc12. The van der Waals surface area contributed by atoms with Gasteiger partial charge in [0.15, 0.2) is 5.75 Å². The maximum absolute atomic E-state index is 12.6. The predicted octanol–water partition coefficient (Wildman–Crippen LogP) is 5.01. The lowest BCUT2D eigenvalue weighted by atomic mass is 10.1. The molecular weight excluding hydrogens is 434 g/mol. The molecule has 0 saturated heterocycles. The molecule has 3 rings (SSSR count). The number of carbonyl (C=O) groups is 2. The van der Waals surface area contributed by atoms with Crippen molar-refractivity contribution in [3.8, 4) is 5.75 Å². The lowest BCUT2D eigenvalue weighted by Gasteiger charge is -2.16. The fourth-order valence-corrected chi connectivity index (χ4v) is 3.40.